The van der Waals surface area contributed by atoms with Crippen molar-refractivity contribution in [3.63, 3.8) is 0 Å². The number of carboxylic acid groups (broad SMARTS) is 1. The van der Waals surface area contributed by atoms with Crippen LogP contribution in [0.3, 0.4) is 0 Å². The van der Waals surface area contributed by atoms with Gasteiger partial charge in [0.05, 0.1) is 35.5 Å². The van der Waals surface area contributed by atoms with Crippen molar-refractivity contribution < 1.29 is 67.6 Å². The van der Waals surface area contributed by atoms with Gasteiger partial charge >= 0.3 is 5.97 Å². The molecule has 1 aliphatic heterocycles. The quantitative estimate of drug-likeness (QED) is 0.298. The van der Waals surface area contributed by atoms with Gasteiger partial charge in [-0.25, -0.2) is 4.79 Å². The molecular formula is C26H27ClO15. The Morgan fingerprint density at radius 3 is 2.05 bits per heavy atom. The van der Waals surface area contributed by atoms with E-state index in [4.69, 9.17) is 49.2 Å². The molecule has 6 unspecified atom stereocenters. The van der Waals surface area contributed by atoms with Crippen LogP contribution in [0.4, 0.5) is 0 Å². The molecule has 2 aliphatic rings. The third-order valence-electron chi connectivity index (χ3n) is 6.70. The van der Waals surface area contributed by atoms with Gasteiger partial charge in [0.15, 0.2) is 52.3 Å². The van der Waals surface area contributed by atoms with Crippen molar-refractivity contribution in [2.75, 3.05) is 35.5 Å². The summed E-state index contributed by atoms with van der Waals surface area (Å²) in [6.45, 7) is 0. The summed E-state index contributed by atoms with van der Waals surface area (Å²) < 4.78 is 44.2. The molecule has 4 rings (SSSR count). The number of rotatable bonds is 9. The standard InChI is InChI=1S/C26H27ClO15/c1-35-10-8-26(7-6-9(10)28,42-25-16(32)14(30)15(31)22(41-25)24(33)34)23-21(39-5)13(29)11-17(36-2)19(37-3)12(27)20(38-4)18(11)40-23/h6-8,14-16,22,25,30-32H,1-5H3,(H,33,34). The van der Waals surface area contributed by atoms with Crippen LogP contribution in [0.5, 0.6) is 23.0 Å². The second-order valence-corrected chi connectivity index (χ2v) is 9.35. The highest BCUT2D eigenvalue weighted by Crippen LogP contribution is 2.50. The Balaban J connectivity index is 2.07. The number of ether oxygens (including phenoxy) is 7. The summed E-state index contributed by atoms with van der Waals surface area (Å²) >= 11 is 6.48. The maximum absolute atomic E-state index is 14.0. The Hall–Kier alpha value is -3.86. The molecule has 6 atom stereocenters. The Kier molecular flexibility index (Phi) is 8.73. The van der Waals surface area contributed by atoms with Crippen molar-refractivity contribution in [3.8, 4) is 23.0 Å². The van der Waals surface area contributed by atoms with E-state index in [-0.39, 0.29) is 39.0 Å². The first-order valence-corrected chi connectivity index (χ1v) is 12.4. The number of hydrogen-bond donors (Lipinski definition) is 4. The van der Waals surface area contributed by atoms with Gasteiger partial charge in [-0.1, -0.05) is 11.6 Å². The summed E-state index contributed by atoms with van der Waals surface area (Å²) in [6.07, 6.45) is -6.96. The molecule has 1 aromatic heterocycles. The molecule has 4 N–H and O–H groups in total. The molecule has 228 valence electrons. The van der Waals surface area contributed by atoms with Crippen LogP contribution in [-0.2, 0) is 29.4 Å². The van der Waals surface area contributed by atoms with E-state index >= 15 is 0 Å². The molecule has 1 fully saturated rings. The van der Waals surface area contributed by atoms with Crippen molar-refractivity contribution >= 4 is 34.3 Å². The summed E-state index contributed by atoms with van der Waals surface area (Å²) in [5.74, 6) is -3.92. The molecule has 2 aromatic rings. The Bertz CT molecular complexity index is 1530. The van der Waals surface area contributed by atoms with E-state index in [2.05, 4.69) is 0 Å². The zero-order valence-corrected chi connectivity index (χ0v) is 23.5. The third kappa shape index (κ3) is 4.83. The zero-order chi connectivity index (χ0) is 31.1. The lowest BCUT2D eigenvalue weighted by atomic mass is 9.91. The molecule has 0 amide bonds. The number of fused-ring (bicyclic) bond motifs is 1. The van der Waals surface area contributed by atoms with Crippen LogP contribution >= 0.6 is 11.6 Å². The van der Waals surface area contributed by atoms with Crippen molar-refractivity contribution in [1.29, 1.82) is 0 Å². The monoisotopic (exact) mass is 614 g/mol. The van der Waals surface area contributed by atoms with Crippen LogP contribution in [0.2, 0.25) is 5.02 Å². The Morgan fingerprint density at radius 1 is 0.881 bits per heavy atom. The number of carboxylic acids is 1. The van der Waals surface area contributed by atoms with Crippen molar-refractivity contribution in [2.45, 2.75) is 36.3 Å². The number of carbonyl (C=O) groups is 2. The van der Waals surface area contributed by atoms with Crippen molar-refractivity contribution in [2.24, 2.45) is 0 Å². The fourth-order valence-electron chi connectivity index (χ4n) is 4.67. The molecule has 0 radical (unpaired) electrons. The van der Waals surface area contributed by atoms with E-state index in [1.54, 1.807) is 0 Å². The van der Waals surface area contributed by atoms with Crippen LogP contribution in [0, 0.1) is 0 Å². The SMILES string of the molecule is COC1=CC(OC2OC(C(=O)O)C(O)C(O)C2O)(c2oc3c(OC)c(Cl)c(OC)c(OC)c3c(=O)c2OC)C=CC1=O. The van der Waals surface area contributed by atoms with Crippen LogP contribution in [0.1, 0.15) is 5.76 Å². The Labute approximate surface area is 241 Å². The van der Waals surface area contributed by atoms with Crippen LogP contribution in [-0.4, -0.2) is 98.4 Å². The number of hydrogen-bond acceptors (Lipinski definition) is 14. The molecule has 1 aromatic carbocycles. The summed E-state index contributed by atoms with van der Waals surface area (Å²) in [7, 11) is 6.10. The largest absolute Gasteiger partial charge is 0.493 e. The predicted molar refractivity (Wildman–Crippen MR) is 140 cm³/mol. The number of benzene rings is 1. The number of allylic oxidation sites excluding steroid dienone is 1. The summed E-state index contributed by atoms with van der Waals surface area (Å²) in [5, 5.41) is 40.3. The lowest BCUT2D eigenvalue weighted by Gasteiger charge is -2.42. The van der Waals surface area contributed by atoms with Gasteiger partial charge in [-0.15, -0.1) is 0 Å². The van der Waals surface area contributed by atoms with Crippen LogP contribution in [0.25, 0.3) is 11.0 Å². The van der Waals surface area contributed by atoms with Crippen LogP contribution in [0.15, 0.2) is 33.2 Å². The highest BCUT2D eigenvalue weighted by molar-refractivity contribution is 6.35. The number of ketones is 1. The number of halogens is 1. The lowest BCUT2D eigenvalue weighted by Crippen LogP contribution is -2.61. The van der Waals surface area contributed by atoms with E-state index < -0.39 is 65.0 Å². The second kappa shape index (κ2) is 11.8. The van der Waals surface area contributed by atoms with E-state index in [0.29, 0.717) is 0 Å². The summed E-state index contributed by atoms with van der Waals surface area (Å²) in [5.41, 5.74) is -3.33. The van der Waals surface area contributed by atoms with Crippen molar-refractivity contribution in [3.05, 3.63) is 45.0 Å². The third-order valence-corrected chi connectivity index (χ3v) is 7.04. The van der Waals surface area contributed by atoms with Crippen LogP contribution < -0.4 is 24.4 Å². The van der Waals surface area contributed by atoms with Gasteiger partial charge in [0.2, 0.25) is 17.0 Å². The molecular weight excluding hydrogens is 588 g/mol. The molecule has 0 saturated carbocycles. The highest BCUT2D eigenvalue weighted by atomic mass is 35.5. The minimum absolute atomic E-state index is 0.0488. The number of aliphatic hydroxyl groups excluding tert-OH is 3. The van der Waals surface area contributed by atoms with E-state index in [1.807, 2.05) is 0 Å². The maximum Gasteiger partial charge on any atom is 0.335 e. The molecule has 15 nitrogen and oxygen atoms in total. The molecule has 42 heavy (non-hydrogen) atoms. The number of carbonyl (C=O) groups excluding carboxylic acids is 1. The molecule has 1 saturated heterocycles. The average Bonchev–Trinajstić information content (AvgIpc) is 2.97. The van der Waals surface area contributed by atoms with Gasteiger partial charge in [0, 0.05) is 6.08 Å². The maximum atomic E-state index is 14.0. The lowest BCUT2D eigenvalue weighted by molar-refractivity contribution is -0.312. The summed E-state index contributed by atoms with van der Waals surface area (Å²) in [6, 6.07) is 0. The van der Waals surface area contributed by atoms with Crippen molar-refractivity contribution in [1.82, 2.24) is 0 Å². The molecule has 0 spiro atoms. The van der Waals surface area contributed by atoms with E-state index in [1.165, 1.54) is 28.4 Å². The first kappa shape index (κ1) is 31.1. The molecule has 16 heteroatoms. The van der Waals surface area contributed by atoms with E-state index in [9.17, 15) is 34.8 Å². The smallest absolute Gasteiger partial charge is 0.335 e. The average molecular weight is 615 g/mol. The zero-order valence-electron chi connectivity index (χ0n) is 22.8. The normalized spacial score (nSPS) is 27.4. The molecule has 2 heterocycles. The molecule has 1 aliphatic carbocycles. The van der Waals surface area contributed by atoms with Gasteiger partial charge in [0.1, 0.15) is 28.7 Å². The minimum atomic E-state index is -2.21. The van der Waals surface area contributed by atoms with Gasteiger partial charge in [0.25, 0.3) is 0 Å². The number of aliphatic hydroxyl groups is 3. The fourth-order valence-corrected chi connectivity index (χ4v) is 4.99. The summed E-state index contributed by atoms with van der Waals surface area (Å²) in [4.78, 5) is 38.2. The molecule has 0 bridgehead atoms. The predicted octanol–water partition coefficient (Wildman–Crippen LogP) is 0.254. The fraction of sp³-hybridized carbons (Fsp3) is 0.423. The minimum Gasteiger partial charge on any atom is -0.493 e. The van der Waals surface area contributed by atoms with Gasteiger partial charge in [-0.2, -0.15) is 0 Å². The number of methoxy groups -OCH3 is 5. The first-order chi connectivity index (χ1) is 19.9. The van der Waals surface area contributed by atoms with Gasteiger partial charge in [-0.3, -0.25) is 9.59 Å². The highest BCUT2D eigenvalue weighted by Gasteiger charge is 2.52. The van der Waals surface area contributed by atoms with Gasteiger partial charge in [-0.05, 0) is 12.2 Å². The van der Waals surface area contributed by atoms with E-state index in [0.717, 1.165) is 25.3 Å². The number of aliphatic carboxylic acids is 1. The first-order valence-electron chi connectivity index (χ1n) is 12.0. The Morgan fingerprint density at radius 2 is 1.50 bits per heavy atom. The van der Waals surface area contributed by atoms with Gasteiger partial charge < -0.3 is 58.0 Å². The second-order valence-electron chi connectivity index (χ2n) is 8.97. The topological polar surface area (TPSA) is 210 Å².